The molecular weight excluding hydrogens is 224 g/mol. The summed E-state index contributed by atoms with van der Waals surface area (Å²) in [6.45, 7) is 6.06. The summed E-state index contributed by atoms with van der Waals surface area (Å²) in [5, 5.41) is 3.81. The fourth-order valence-corrected chi connectivity index (χ4v) is 1.84. The number of rotatable bonds is 3. The SMILES string of the molecule is CC(C)(C)NN(C=O)c1ccc2ccccc2c1. The Hall–Kier alpha value is -1.87. The first-order valence-electron chi connectivity index (χ1n) is 6.01. The van der Waals surface area contributed by atoms with Gasteiger partial charge in [0.2, 0.25) is 6.41 Å². The fourth-order valence-electron chi connectivity index (χ4n) is 1.84. The molecule has 3 heteroatoms. The van der Waals surface area contributed by atoms with E-state index < -0.39 is 0 Å². The van der Waals surface area contributed by atoms with E-state index in [1.165, 1.54) is 10.4 Å². The summed E-state index contributed by atoms with van der Waals surface area (Å²) in [6.07, 6.45) is 0.801. The highest BCUT2D eigenvalue weighted by Crippen LogP contribution is 2.21. The van der Waals surface area contributed by atoms with Crippen LogP contribution in [0.5, 0.6) is 0 Å². The summed E-state index contributed by atoms with van der Waals surface area (Å²) in [5.41, 5.74) is 3.84. The van der Waals surface area contributed by atoms with Crippen LogP contribution in [-0.4, -0.2) is 11.9 Å². The van der Waals surface area contributed by atoms with E-state index >= 15 is 0 Å². The van der Waals surface area contributed by atoms with Gasteiger partial charge in [-0.2, -0.15) is 0 Å². The summed E-state index contributed by atoms with van der Waals surface area (Å²) in [7, 11) is 0. The first-order valence-corrected chi connectivity index (χ1v) is 6.01. The Kier molecular flexibility index (Phi) is 3.34. The van der Waals surface area contributed by atoms with Gasteiger partial charge in [0.25, 0.3) is 0 Å². The van der Waals surface area contributed by atoms with Crippen LogP contribution in [0.25, 0.3) is 10.8 Å². The van der Waals surface area contributed by atoms with Crippen molar-refractivity contribution in [2.24, 2.45) is 0 Å². The van der Waals surface area contributed by atoms with Gasteiger partial charge in [-0.3, -0.25) is 4.79 Å². The average Bonchev–Trinajstić information content (AvgIpc) is 2.34. The van der Waals surface area contributed by atoms with E-state index in [-0.39, 0.29) is 5.54 Å². The second-order valence-corrected chi connectivity index (χ2v) is 5.37. The number of carbonyl (C=O) groups is 1. The summed E-state index contributed by atoms with van der Waals surface area (Å²) >= 11 is 0. The Bertz CT molecular complexity index is 558. The third kappa shape index (κ3) is 2.87. The topological polar surface area (TPSA) is 32.3 Å². The van der Waals surface area contributed by atoms with Crippen molar-refractivity contribution in [3.05, 3.63) is 42.5 Å². The van der Waals surface area contributed by atoms with Crippen LogP contribution >= 0.6 is 0 Å². The molecule has 94 valence electrons. The lowest BCUT2D eigenvalue weighted by molar-refractivity contribution is -0.108. The van der Waals surface area contributed by atoms with E-state index in [2.05, 4.69) is 11.5 Å². The number of nitrogens with zero attached hydrogens (tertiary/aromatic N) is 1. The standard InChI is InChI=1S/C15H18N2O/c1-15(2,3)16-17(11-18)14-9-8-12-6-4-5-7-13(12)10-14/h4-11,16H,1-3H3. The molecule has 0 radical (unpaired) electrons. The molecule has 0 aliphatic rings. The number of hydrazine groups is 1. The highest BCUT2D eigenvalue weighted by Gasteiger charge is 2.15. The minimum absolute atomic E-state index is 0.160. The molecule has 0 saturated heterocycles. The van der Waals surface area contributed by atoms with E-state index in [9.17, 15) is 4.79 Å². The van der Waals surface area contributed by atoms with Crippen molar-refractivity contribution < 1.29 is 4.79 Å². The van der Waals surface area contributed by atoms with Crippen LogP contribution in [0.15, 0.2) is 42.5 Å². The van der Waals surface area contributed by atoms with E-state index in [0.29, 0.717) is 0 Å². The molecule has 0 unspecified atom stereocenters. The number of nitrogens with one attached hydrogen (secondary N) is 1. The highest BCUT2D eigenvalue weighted by atomic mass is 16.1. The molecule has 18 heavy (non-hydrogen) atoms. The van der Waals surface area contributed by atoms with Crippen molar-refractivity contribution in [1.29, 1.82) is 0 Å². The predicted octanol–water partition coefficient (Wildman–Crippen LogP) is 3.11. The van der Waals surface area contributed by atoms with Crippen LogP contribution in [0.2, 0.25) is 0 Å². The van der Waals surface area contributed by atoms with Gasteiger partial charge in [0.05, 0.1) is 5.69 Å². The molecule has 2 aromatic rings. The van der Waals surface area contributed by atoms with Gasteiger partial charge in [0, 0.05) is 5.54 Å². The molecule has 0 fully saturated rings. The van der Waals surface area contributed by atoms with Crippen LogP contribution in [0, 0.1) is 0 Å². The van der Waals surface area contributed by atoms with Crippen LogP contribution in [0.4, 0.5) is 5.69 Å². The quantitative estimate of drug-likeness (QED) is 0.662. The third-order valence-corrected chi connectivity index (χ3v) is 2.57. The Labute approximate surface area is 107 Å². The molecule has 2 aromatic carbocycles. The van der Waals surface area contributed by atoms with Crippen molar-refractivity contribution in [2.75, 3.05) is 5.01 Å². The van der Waals surface area contributed by atoms with Gasteiger partial charge in [-0.1, -0.05) is 30.3 Å². The Morgan fingerprint density at radius 3 is 2.33 bits per heavy atom. The number of carbonyl (C=O) groups excluding carboxylic acids is 1. The number of hydrogen-bond donors (Lipinski definition) is 1. The van der Waals surface area contributed by atoms with Crippen LogP contribution in [-0.2, 0) is 4.79 Å². The molecular formula is C15H18N2O. The predicted molar refractivity (Wildman–Crippen MR) is 75.4 cm³/mol. The molecule has 2 rings (SSSR count). The normalized spacial score (nSPS) is 11.5. The lowest BCUT2D eigenvalue weighted by Gasteiger charge is -2.28. The van der Waals surface area contributed by atoms with E-state index in [1.54, 1.807) is 0 Å². The van der Waals surface area contributed by atoms with E-state index in [4.69, 9.17) is 0 Å². The lowest BCUT2D eigenvalue weighted by atomic mass is 10.1. The summed E-state index contributed by atoms with van der Waals surface area (Å²) in [5.74, 6) is 0. The Balaban J connectivity index is 2.36. The molecule has 1 amide bonds. The minimum atomic E-state index is -0.160. The van der Waals surface area contributed by atoms with Gasteiger partial charge in [-0.05, 0) is 43.7 Å². The van der Waals surface area contributed by atoms with Crippen molar-refractivity contribution in [1.82, 2.24) is 5.43 Å². The van der Waals surface area contributed by atoms with Crippen LogP contribution in [0.3, 0.4) is 0 Å². The average molecular weight is 242 g/mol. The van der Waals surface area contributed by atoms with Crippen molar-refractivity contribution in [3.63, 3.8) is 0 Å². The van der Waals surface area contributed by atoms with Gasteiger partial charge in [0.1, 0.15) is 0 Å². The Morgan fingerprint density at radius 2 is 1.72 bits per heavy atom. The largest absolute Gasteiger partial charge is 0.277 e. The number of fused-ring (bicyclic) bond motifs is 1. The van der Waals surface area contributed by atoms with Gasteiger partial charge in [-0.25, -0.2) is 10.4 Å². The molecule has 0 aliphatic carbocycles. The fraction of sp³-hybridized carbons (Fsp3) is 0.267. The molecule has 0 aliphatic heterocycles. The van der Waals surface area contributed by atoms with Crippen molar-refractivity contribution in [3.8, 4) is 0 Å². The molecule has 1 N–H and O–H groups in total. The lowest BCUT2D eigenvalue weighted by Crippen LogP contribution is -2.48. The molecule has 0 spiro atoms. The molecule has 0 aromatic heterocycles. The maximum absolute atomic E-state index is 11.2. The zero-order valence-corrected chi connectivity index (χ0v) is 11.0. The summed E-state index contributed by atoms with van der Waals surface area (Å²) < 4.78 is 0. The highest BCUT2D eigenvalue weighted by molar-refractivity contribution is 5.88. The molecule has 0 atom stereocenters. The van der Waals surface area contributed by atoms with Gasteiger partial charge < -0.3 is 0 Å². The number of amides is 1. The van der Waals surface area contributed by atoms with Gasteiger partial charge in [-0.15, -0.1) is 0 Å². The first kappa shape index (κ1) is 12.6. The van der Waals surface area contributed by atoms with Gasteiger partial charge >= 0.3 is 0 Å². The van der Waals surface area contributed by atoms with Crippen LogP contribution < -0.4 is 10.4 Å². The van der Waals surface area contributed by atoms with Crippen LogP contribution in [0.1, 0.15) is 20.8 Å². The van der Waals surface area contributed by atoms with Crippen molar-refractivity contribution >= 4 is 22.9 Å². The summed E-state index contributed by atoms with van der Waals surface area (Å²) in [4.78, 5) is 11.2. The maximum atomic E-state index is 11.2. The minimum Gasteiger partial charge on any atom is -0.277 e. The monoisotopic (exact) mass is 242 g/mol. The number of hydrogen-bond acceptors (Lipinski definition) is 2. The number of benzene rings is 2. The molecule has 3 nitrogen and oxygen atoms in total. The third-order valence-electron chi connectivity index (χ3n) is 2.57. The molecule has 0 heterocycles. The number of anilines is 1. The zero-order chi connectivity index (χ0) is 13.2. The summed E-state index contributed by atoms with van der Waals surface area (Å²) in [6, 6.07) is 14.1. The maximum Gasteiger partial charge on any atom is 0.228 e. The van der Waals surface area contributed by atoms with Gasteiger partial charge in [0.15, 0.2) is 0 Å². The smallest absolute Gasteiger partial charge is 0.228 e. The Morgan fingerprint density at radius 1 is 1.06 bits per heavy atom. The van der Waals surface area contributed by atoms with E-state index in [1.807, 2.05) is 57.2 Å². The molecule has 0 bridgehead atoms. The second-order valence-electron chi connectivity index (χ2n) is 5.37. The first-order chi connectivity index (χ1) is 8.49. The second kappa shape index (κ2) is 4.78. The zero-order valence-electron chi connectivity index (χ0n) is 11.0. The molecule has 0 saturated carbocycles. The van der Waals surface area contributed by atoms with E-state index in [0.717, 1.165) is 17.5 Å². The van der Waals surface area contributed by atoms with Crippen molar-refractivity contribution in [2.45, 2.75) is 26.3 Å².